The summed E-state index contributed by atoms with van der Waals surface area (Å²) in [7, 11) is 0. The summed E-state index contributed by atoms with van der Waals surface area (Å²) >= 11 is 1.30. The Balaban J connectivity index is 2.50. The lowest BCUT2D eigenvalue weighted by atomic mass is 10.2. The summed E-state index contributed by atoms with van der Waals surface area (Å²) in [5.74, 6) is 5.59. The van der Waals surface area contributed by atoms with Crippen LogP contribution in [0.2, 0.25) is 0 Å². The van der Waals surface area contributed by atoms with Crippen molar-refractivity contribution in [2.24, 2.45) is 5.84 Å². The maximum absolute atomic E-state index is 8.61. The van der Waals surface area contributed by atoms with Gasteiger partial charge in [0.25, 0.3) is 0 Å². The summed E-state index contributed by atoms with van der Waals surface area (Å²) in [6.45, 7) is 0. The number of hydrazine groups is 1. The number of nitriles is 1. The van der Waals surface area contributed by atoms with Crippen LogP contribution in [0.25, 0.3) is 0 Å². The quantitative estimate of drug-likeness (QED) is 0.462. The summed E-state index contributed by atoms with van der Waals surface area (Å²) in [5.41, 5.74) is 2.43. The van der Waals surface area contributed by atoms with Crippen LogP contribution in [0.1, 0.15) is 5.56 Å². The van der Waals surface area contributed by atoms with Gasteiger partial charge in [-0.25, -0.2) is 10.3 Å². The number of rotatable bonds is 0. The monoisotopic (exact) mass is 178 g/mol. The predicted molar refractivity (Wildman–Crippen MR) is 49.0 cm³/mol. The Hall–Kier alpha value is -1.38. The smallest absolute Gasteiger partial charge is 0.0992 e. The summed E-state index contributed by atoms with van der Waals surface area (Å²) in [6.07, 6.45) is 0. The summed E-state index contributed by atoms with van der Waals surface area (Å²) in [5, 5.41) is 8.61. The van der Waals surface area contributed by atoms with Crippen molar-refractivity contribution in [1.82, 2.24) is 0 Å². The zero-order chi connectivity index (χ0) is 8.55. The lowest BCUT2D eigenvalue weighted by Gasteiger charge is -2.05. The van der Waals surface area contributed by atoms with Gasteiger partial charge >= 0.3 is 0 Å². The molecule has 0 aromatic heterocycles. The molecule has 0 spiro atoms. The minimum atomic E-state index is 0.636. The van der Waals surface area contributed by atoms with E-state index >= 15 is 0 Å². The van der Waals surface area contributed by atoms with Gasteiger partial charge in [-0.05, 0) is 18.2 Å². The van der Waals surface area contributed by atoms with Crippen molar-refractivity contribution < 1.29 is 0 Å². The van der Waals surface area contributed by atoms with Gasteiger partial charge in [0.1, 0.15) is 0 Å². The van der Waals surface area contributed by atoms with Crippen LogP contribution in [0, 0.1) is 11.3 Å². The van der Waals surface area contributed by atoms with Crippen molar-refractivity contribution in [3.8, 4) is 6.07 Å². The second-order valence-corrected chi connectivity index (χ2v) is 3.14. The number of nitrogens with zero attached hydrogens (tertiary/aromatic N) is 2. The van der Waals surface area contributed by atoms with Gasteiger partial charge in [0.15, 0.2) is 0 Å². The SMILES string of the molecule is N#Cc1ccc2c(c1)NSN2N. The molecule has 0 bridgehead atoms. The molecule has 2 rings (SSSR count). The summed E-state index contributed by atoms with van der Waals surface area (Å²) in [4.78, 5) is 0. The van der Waals surface area contributed by atoms with Crippen molar-refractivity contribution in [2.45, 2.75) is 0 Å². The molecule has 4 nitrogen and oxygen atoms in total. The van der Waals surface area contributed by atoms with Crippen LogP contribution in [-0.4, -0.2) is 0 Å². The van der Waals surface area contributed by atoms with E-state index in [0.29, 0.717) is 5.56 Å². The van der Waals surface area contributed by atoms with E-state index in [1.165, 1.54) is 16.5 Å². The topological polar surface area (TPSA) is 65.1 Å². The van der Waals surface area contributed by atoms with Crippen molar-refractivity contribution in [3.05, 3.63) is 23.8 Å². The highest BCUT2D eigenvalue weighted by atomic mass is 32.2. The fraction of sp³-hybridized carbons (Fsp3) is 0. The van der Waals surface area contributed by atoms with Gasteiger partial charge < -0.3 is 4.72 Å². The van der Waals surface area contributed by atoms with Crippen LogP contribution in [-0.2, 0) is 0 Å². The first-order valence-electron chi connectivity index (χ1n) is 3.33. The number of hydrogen-bond donors (Lipinski definition) is 2. The van der Waals surface area contributed by atoms with Gasteiger partial charge in [-0.3, -0.25) is 0 Å². The van der Waals surface area contributed by atoms with Crippen molar-refractivity contribution >= 4 is 23.5 Å². The van der Waals surface area contributed by atoms with Gasteiger partial charge in [0.2, 0.25) is 0 Å². The lowest BCUT2D eigenvalue weighted by molar-refractivity contribution is 1.23. The molecule has 0 atom stereocenters. The highest BCUT2D eigenvalue weighted by Crippen LogP contribution is 2.36. The van der Waals surface area contributed by atoms with Crippen molar-refractivity contribution in [3.63, 3.8) is 0 Å². The molecular formula is C7H6N4S. The van der Waals surface area contributed by atoms with Crippen LogP contribution < -0.4 is 15.0 Å². The van der Waals surface area contributed by atoms with E-state index in [1.807, 2.05) is 6.07 Å². The predicted octanol–water partition coefficient (Wildman–Crippen LogP) is 1.23. The number of anilines is 2. The van der Waals surface area contributed by atoms with E-state index in [0.717, 1.165) is 11.4 Å². The number of hydrogen-bond acceptors (Lipinski definition) is 5. The average molecular weight is 178 g/mol. The Kier molecular flexibility index (Phi) is 1.57. The van der Waals surface area contributed by atoms with Gasteiger partial charge in [-0.2, -0.15) is 5.26 Å². The maximum atomic E-state index is 8.61. The Labute approximate surface area is 74.2 Å². The molecule has 60 valence electrons. The lowest BCUT2D eigenvalue weighted by Crippen LogP contribution is -2.19. The number of nitrogens with two attached hydrogens (primary N) is 1. The molecule has 1 aromatic carbocycles. The average Bonchev–Trinajstić information content (AvgIpc) is 2.47. The number of benzene rings is 1. The molecule has 0 amide bonds. The molecule has 0 unspecified atom stereocenters. The first-order valence-corrected chi connectivity index (χ1v) is 4.10. The molecular weight excluding hydrogens is 172 g/mol. The molecule has 0 saturated carbocycles. The summed E-state index contributed by atoms with van der Waals surface area (Å²) in [6, 6.07) is 7.40. The molecule has 1 heterocycles. The molecule has 12 heavy (non-hydrogen) atoms. The Morgan fingerprint density at radius 3 is 3.17 bits per heavy atom. The fourth-order valence-corrected chi connectivity index (χ4v) is 1.64. The zero-order valence-electron chi connectivity index (χ0n) is 6.11. The van der Waals surface area contributed by atoms with E-state index in [1.54, 1.807) is 12.1 Å². The molecule has 1 aromatic rings. The highest BCUT2D eigenvalue weighted by Gasteiger charge is 2.16. The van der Waals surface area contributed by atoms with Gasteiger partial charge in [-0.1, -0.05) is 0 Å². The van der Waals surface area contributed by atoms with Gasteiger partial charge in [0.05, 0.1) is 35.1 Å². The van der Waals surface area contributed by atoms with Crippen LogP contribution in [0.15, 0.2) is 18.2 Å². The fourth-order valence-electron chi connectivity index (χ4n) is 1.03. The first-order chi connectivity index (χ1) is 5.81. The molecule has 0 aliphatic carbocycles. The van der Waals surface area contributed by atoms with E-state index in [-0.39, 0.29) is 0 Å². The number of fused-ring (bicyclic) bond motifs is 1. The second kappa shape index (κ2) is 2.59. The third-order valence-electron chi connectivity index (χ3n) is 1.62. The molecule has 0 fully saturated rings. The third-order valence-corrected chi connectivity index (χ3v) is 2.32. The van der Waals surface area contributed by atoms with E-state index in [4.69, 9.17) is 11.1 Å². The highest BCUT2D eigenvalue weighted by molar-refractivity contribution is 8.02. The minimum Gasteiger partial charge on any atom is -0.309 e. The standard InChI is InChI=1S/C7H6N4S/c8-4-5-1-2-7-6(3-5)10-12-11(7)9/h1-3,10H,9H2. The van der Waals surface area contributed by atoms with Crippen molar-refractivity contribution in [2.75, 3.05) is 9.14 Å². The largest absolute Gasteiger partial charge is 0.309 e. The molecule has 5 heteroatoms. The normalized spacial score (nSPS) is 13.5. The maximum Gasteiger partial charge on any atom is 0.0992 e. The molecule has 1 aliphatic heterocycles. The Morgan fingerprint density at radius 1 is 1.58 bits per heavy atom. The van der Waals surface area contributed by atoms with Crippen LogP contribution in [0.4, 0.5) is 11.4 Å². The molecule has 0 radical (unpaired) electrons. The van der Waals surface area contributed by atoms with Crippen LogP contribution >= 0.6 is 12.1 Å². The third kappa shape index (κ3) is 0.978. The van der Waals surface area contributed by atoms with E-state index in [2.05, 4.69) is 10.8 Å². The van der Waals surface area contributed by atoms with Crippen molar-refractivity contribution in [1.29, 1.82) is 5.26 Å². The Bertz CT molecular complexity index is 357. The first kappa shape index (κ1) is 7.28. The van der Waals surface area contributed by atoms with E-state index < -0.39 is 0 Å². The molecule has 3 N–H and O–H groups in total. The second-order valence-electron chi connectivity index (χ2n) is 2.36. The van der Waals surface area contributed by atoms with Gasteiger partial charge in [0, 0.05) is 0 Å². The minimum absolute atomic E-state index is 0.636. The van der Waals surface area contributed by atoms with Crippen LogP contribution in [0.3, 0.4) is 0 Å². The van der Waals surface area contributed by atoms with Crippen LogP contribution in [0.5, 0.6) is 0 Å². The number of nitrogens with one attached hydrogen (secondary N) is 1. The van der Waals surface area contributed by atoms with Gasteiger partial charge in [-0.15, -0.1) is 0 Å². The van der Waals surface area contributed by atoms with E-state index in [9.17, 15) is 0 Å². The zero-order valence-corrected chi connectivity index (χ0v) is 6.93. The summed E-state index contributed by atoms with van der Waals surface area (Å²) < 4.78 is 4.52. The molecule has 1 aliphatic rings. The molecule has 0 saturated heterocycles. The Morgan fingerprint density at radius 2 is 2.42 bits per heavy atom.